The Balaban J connectivity index is 1.83. The number of anilines is 1. The Hall–Kier alpha value is -3.34. The van der Waals surface area contributed by atoms with E-state index in [0.29, 0.717) is 37.6 Å². The highest BCUT2D eigenvalue weighted by Crippen LogP contribution is 2.28. The molecular formula is C18H22N6O4S. The molecule has 0 bridgehead atoms. The van der Waals surface area contributed by atoms with Crippen LogP contribution in [0.1, 0.15) is 20.8 Å². The van der Waals surface area contributed by atoms with E-state index in [1.54, 1.807) is 29.3 Å². The number of carbonyl (C=O) groups is 2. The summed E-state index contributed by atoms with van der Waals surface area (Å²) in [6.45, 7) is 1.79. The first-order chi connectivity index (χ1) is 13.7. The van der Waals surface area contributed by atoms with Gasteiger partial charge in [-0.25, -0.2) is 8.42 Å². The molecule has 5 N–H and O–H groups in total. The lowest BCUT2D eigenvalue weighted by Gasteiger charge is -2.36. The monoisotopic (exact) mass is 418 g/mol. The number of H-pyrrole nitrogens is 1. The summed E-state index contributed by atoms with van der Waals surface area (Å²) in [4.78, 5) is 34.4. The number of aromatic amines is 1. The molecule has 1 saturated heterocycles. The van der Waals surface area contributed by atoms with Crippen LogP contribution in [0.25, 0.3) is 0 Å². The lowest BCUT2D eigenvalue weighted by Crippen LogP contribution is -2.49. The molecule has 0 radical (unpaired) electrons. The first-order valence-electron chi connectivity index (χ1n) is 8.82. The summed E-state index contributed by atoms with van der Waals surface area (Å²) in [5.41, 5.74) is 11.5. The smallest absolute Gasteiger partial charge is 0.280 e. The van der Waals surface area contributed by atoms with Crippen LogP contribution in [0.2, 0.25) is 0 Å². The predicted octanol–water partition coefficient (Wildman–Crippen LogP) is -0.206. The average Bonchev–Trinajstić information content (AvgIpc) is 3.20. The number of rotatable bonds is 4. The number of carbonyl (C=O) groups excluding carboxylic acids is 2. The normalized spacial score (nSPS) is 14.5. The minimum atomic E-state index is -3.62. The predicted molar refractivity (Wildman–Crippen MR) is 109 cm³/mol. The second-order valence-corrected chi connectivity index (χ2v) is 8.64. The molecule has 0 aliphatic carbocycles. The fourth-order valence-corrected chi connectivity index (χ4v) is 4.09. The van der Waals surface area contributed by atoms with Crippen molar-refractivity contribution in [1.82, 2.24) is 9.88 Å². The molecule has 29 heavy (non-hydrogen) atoms. The Labute approximate surface area is 168 Å². The number of sulfone groups is 1. The number of nitrogens with two attached hydrogens (primary N) is 2. The zero-order chi connectivity index (χ0) is 21.2. The zero-order valence-electron chi connectivity index (χ0n) is 15.8. The number of amides is 2. The van der Waals surface area contributed by atoms with Crippen LogP contribution in [0.15, 0.2) is 46.4 Å². The fourth-order valence-electron chi connectivity index (χ4n) is 3.17. The molecule has 154 valence electrons. The Morgan fingerprint density at radius 3 is 2.34 bits per heavy atom. The van der Waals surface area contributed by atoms with Crippen LogP contribution >= 0.6 is 0 Å². The third-order valence-electron chi connectivity index (χ3n) is 4.57. The van der Waals surface area contributed by atoms with Crippen molar-refractivity contribution in [3.05, 3.63) is 47.8 Å². The third-order valence-corrected chi connectivity index (χ3v) is 5.70. The number of aliphatic imine (C=N–C) groups is 1. The van der Waals surface area contributed by atoms with E-state index in [-0.39, 0.29) is 16.4 Å². The van der Waals surface area contributed by atoms with Gasteiger partial charge in [0.2, 0.25) is 0 Å². The van der Waals surface area contributed by atoms with Gasteiger partial charge >= 0.3 is 0 Å². The van der Waals surface area contributed by atoms with Gasteiger partial charge in [-0.2, -0.15) is 4.99 Å². The molecular weight excluding hydrogens is 396 g/mol. The Kier molecular flexibility index (Phi) is 5.59. The van der Waals surface area contributed by atoms with Crippen LogP contribution in [-0.4, -0.2) is 68.5 Å². The second-order valence-electron chi connectivity index (χ2n) is 6.66. The second kappa shape index (κ2) is 7.95. The molecule has 1 aliphatic rings. The van der Waals surface area contributed by atoms with Gasteiger partial charge in [0, 0.05) is 44.2 Å². The molecule has 2 aromatic rings. The van der Waals surface area contributed by atoms with Crippen LogP contribution in [0.4, 0.5) is 5.69 Å². The van der Waals surface area contributed by atoms with Crippen LogP contribution in [0, 0.1) is 0 Å². The zero-order valence-corrected chi connectivity index (χ0v) is 16.6. The largest absolute Gasteiger partial charge is 0.370 e. The van der Waals surface area contributed by atoms with Crippen LogP contribution in [0.3, 0.4) is 0 Å². The molecule has 11 heteroatoms. The molecule has 0 unspecified atom stereocenters. The van der Waals surface area contributed by atoms with Crippen molar-refractivity contribution in [1.29, 1.82) is 0 Å². The van der Waals surface area contributed by atoms with Crippen molar-refractivity contribution in [3.8, 4) is 0 Å². The van der Waals surface area contributed by atoms with Crippen molar-refractivity contribution in [2.75, 3.05) is 37.3 Å². The lowest BCUT2D eigenvalue weighted by atomic mass is 10.1. The molecule has 2 amide bonds. The maximum absolute atomic E-state index is 12.4. The van der Waals surface area contributed by atoms with Crippen molar-refractivity contribution in [2.24, 2.45) is 16.5 Å². The van der Waals surface area contributed by atoms with Gasteiger partial charge in [-0.15, -0.1) is 0 Å². The summed E-state index contributed by atoms with van der Waals surface area (Å²) in [5, 5.41) is 0. The van der Waals surface area contributed by atoms with Crippen molar-refractivity contribution in [3.63, 3.8) is 0 Å². The fraction of sp³-hybridized carbons (Fsp3) is 0.278. The van der Waals surface area contributed by atoms with E-state index in [2.05, 4.69) is 9.98 Å². The number of benzene rings is 1. The van der Waals surface area contributed by atoms with E-state index in [9.17, 15) is 18.0 Å². The summed E-state index contributed by atoms with van der Waals surface area (Å²) < 4.78 is 24.7. The highest BCUT2D eigenvalue weighted by Gasteiger charge is 2.26. The molecule has 0 spiro atoms. The molecule has 1 aromatic heterocycles. The highest BCUT2D eigenvalue weighted by molar-refractivity contribution is 7.90. The number of nitrogens with zero attached hydrogens (tertiary/aromatic N) is 3. The van der Waals surface area contributed by atoms with Gasteiger partial charge in [-0.3, -0.25) is 9.59 Å². The summed E-state index contributed by atoms with van der Waals surface area (Å²) >= 11 is 0. The van der Waals surface area contributed by atoms with E-state index in [4.69, 9.17) is 11.5 Å². The average molecular weight is 418 g/mol. The Morgan fingerprint density at radius 2 is 1.79 bits per heavy atom. The molecule has 10 nitrogen and oxygen atoms in total. The van der Waals surface area contributed by atoms with Gasteiger partial charge in [-0.05, 0) is 30.3 Å². The molecule has 0 atom stereocenters. The first kappa shape index (κ1) is 20.4. The van der Waals surface area contributed by atoms with E-state index in [1.807, 2.05) is 4.90 Å². The summed E-state index contributed by atoms with van der Waals surface area (Å²) in [6, 6.07) is 7.79. The number of guanidine groups is 1. The molecule has 1 fully saturated rings. The summed E-state index contributed by atoms with van der Waals surface area (Å²) in [7, 11) is -3.62. The van der Waals surface area contributed by atoms with Gasteiger partial charge in [-0.1, -0.05) is 0 Å². The van der Waals surface area contributed by atoms with Crippen LogP contribution < -0.4 is 16.4 Å². The SMILES string of the molecule is CS(=O)(=O)c1cc(C(=O)N=C(N)N)ccc1N1CCN(C(=O)c2ccc[nH]2)CC1. The van der Waals surface area contributed by atoms with Crippen LogP contribution in [-0.2, 0) is 9.84 Å². The van der Waals surface area contributed by atoms with Gasteiger partial charge < -0.3 is 26.3 Å². The van der Waals surface area contributed by atoms with Crippen molar-refractivity contribution < 1.29 is 18.0 Å². The number of piperazine rings is 1. The number of hydrogen-bond donors (Lipinski definition) is 3. The number of nitrogens with one attached hydrogen (secondary N) is 1. The van der Waals surface area contributed by atoms with Crippen LogP contribution in [0.5, 0.6) is 0 Å². The van der Waals surface area contributed by atoms with Crippen molar-refractivity contribution in [2.45, 2.75) is 4.90 Å². The van der Waals surface area contributed by atoms with Crippen molar-refractivity contribution >= 4 is 33.3 Å². The third kappa shape index (κ3) is 4.57. The molecule has 1 aromatic carbocycles. The number of hydrogen-bond acceptors (Lipinski definition) is 5. The summed E-state index contributed by atoms with van der Waals surface area (Å²) in [6.07, 6.45) is 2.76. The summed E-state index contributed by atoms with van der Waals surface area (Å²) in [5.74, 6) is -1.22. The highest BCUT2D eigenvalue weighted by atomic mass is 32.2. The Morgan fingerprint density at radius 1 is 1.10 bits per heavy atom. The van der Waals surface area contributed by atoms with E-state index in [1.165, 1.54) is 12.1 Å². The van der Waals surface area contributed by atoms with E-state index >= 15 is 0 Å². The molecule has 2 heterocycles. The molecule has 1 aliphatic heterocycles. The topological polar surface area (TPSA) is 155 Å². The first-order valence-corrected chi connectivity index (χ1v) is 10.7. The maximum Gasteiger partial charge on any atom is 0.280 e. The van der Waals surface area contributed by atoms with Gasteiger partial charge in [0.1, 0.15) is 5.69 Å². The minimum Gasteiger partial charge on any atom is -0.370 e. The van der Waals surface area contributed by atoms with Gasteiger partial charge in [0.25, 0.3) is 11.8 Å². The number of aromatic nitrogens is 1. The van der Waals surface area contributed by atoms with E-state index < -0.39 is 21.7 Å². The standard InChI is InChI=1S/C18H22N6O4S/c1-29(27,28)15-11-12(16(25)22-18(19)20)4-5-14(15)23-7-9-24(10-8-23)17(26)13-3-2-6-21-13/h2-6,11,21H,7-10H2,1H3,(H4,19,20,22,25). The van der Waals surface area contributed by atoms with Gasteiger partial charge in [0.15, 0.2) is 15.8 Å². The van der Waals surface area contributed by atoms with E-state index in [0.717, 1.165) is 6.26 Å². The lowest BCUT2D eigenvalue weighted by molar-refractivity contribution is 0.0741. The Bertz CT molecular complexity index is 1050. The quantitative estimate of drug-likeness (QED) is 0.458. The minimum absolute atomic E-state index is 0.0123. The molecule has 3 rings (SSSR count). The maximum atomic E-state index is 12.4. The molecule has 0 saturated carbocycles. The van der Waals surface area contributed by atoms with Gasteiger partial charge in [0.05, 0.1) is 10.6 Å².